The van der Waals surface area contributed by atoms with Crippen LogP contribution in [0.1, 0.15) is 11.3 Å². The van der Waals surface area contributed by atoms with Gasteiger partial charge in [-0.3, -0.25) is 15.1 Å². The molecule has 0 spiro atoms. The Labute approximate surface area is 183 Å². The largest absolute Gasteiger partial charge is 0.304 e. The van der Waals surface area contributed by atoms with Crippen molar-refractivity contribution < 1.29 is 4.79 Å². The lowest BCUT2D eigenvalue weighted by molar-refractivity contribution is -0.126. The van der Waals surface area contributed by atoms with Crippen molar-refractivity contribution in [2.45, 2.75) is 13.0 Å². The zero-order valence-electron chi connectivity index (χ0n) is 18.0. The average molecular weight is 429 g/mol. The van der Waals surface area contributed by atoms with Crippen LogP contribution in [-0.4, -0.2) is 97.1 Å². The summed E-state index contributed by atoms with van der Waals surface area (Å²) in [4.78, 5) is 24.2. The molecule has 2 aliphatic rings. The summed E-state index contributed by atoms with van der Waals surface area (Å²) in [6, 6.07) is 8.71. The van der Waals surface area contributed by atoms with E-state index in [-0.39, 0.29) is 5.91 Å². The minimum atomic E-state index is 0.0129. The van der Waals surface area contributed by atoms with Gasteiger partial charge in [0.2, 0.25) is 5.91 Å². The van der Waals surface area contributed by atoms with Crippen LogP contribution in [0.3, 0.4) is 0 Å². The molecule has 30 heavy (non-hydrogen) atoms. The highest BCUT2D eigenvalue weighted by molar-refractivity contribution is 7.13. The van der Waals surface area contributed by atoms with Gasteiger partial charge < -0.3 is 9.80 Å². The first kappa shape index (κ1) is 21.4. The van der Waals surface area contributed by atoms with E-state index in [2.05, 4.69) is 58.5 Å². The number of nitrogens with one attached hydrogen (secondary N) is 1. The van der Waals surface area contributed by atoms with Crippen LogP contribution < -0.4 is 5.43 Å². The van der Waals surface area contributed by atoms with Gasteiger partial charge in [-0.05, 0) is 19.7 Å². The number of carbonyl (C=O) groups excluding carboxylic acids is 1. The molecule has 0 unspecified atom stereocenters. The number of hydrogen-bond donors (Lipinski definition) is 1. The third-order valence-electron chi connectivity index (χ3n) is 5.88. The fourth-order valence-electron chi connectivity index (χ4n) is 3.84. The highest BCUT2D eigenvalue weighted by Crippen LogP contribution is 2.24. The van der Waals surface area contributed by atoms with Gasteiger partial charge in [0.1, 0.15) is 5.01 Å². The number of rotatable bonds is 6. The van der Waals surface area contributed by atoms with E-state index in [1.165, 1.54) is 5.56 Å². The van der Waals surface area contributed by atoms with Crippen LogP contribution in [0.25, 0.3) is 10.6 Å². The molecule has 1 aromatic carbocycles. The number of aromatic nitrogens is 1. The number of piperazine rings is 2. The summed E-state index contributed by atoms with van der Waals surface area (Å²) >= 11 is 1.61. The molecule has 0 bridgehead atoms. The van der Waals surface area contributed by atoms with E-state index in [9.17, 15) is 4.79 Å². The van der Waals surface area contributed by atoms with Gasteiger partial charge in [0.15, 0.2) is 0 Å². The van der Waals surface area contributed by atoms with E-state index in [0.717, 1.165) is 75.2 Å². The predicted octanol–water partition coefficient (Wildman–Crippen LogP) is 1.38. The van der Waals surface area contributed by atoms with Crippen molar-refractivity contribution in [2.75, 3.05) is 66.5 Å². The Hall–Kier alpha value is -1.84. The standard InChI is InChI=1S/C22H32N6OS/c1-25-7-11-27(12-8-25)16-18-3-5-19(6-4-18)22-23-20(17-30-22)15-21(29)24-28-13-9-26(2)10-14-28/h3-6,17H,7-16H2,1-2H3,(H,24,29). The lowest BCUT2D eigenvalue weighted by Gasteiger charge is -2.32. The quantitative estimate of drug-likeness (QED) is 0.750. The predicted molar refractivity (Wildman–Crippen MR) is 121 cm³/mol. The molecule has 4 rings (SSSR count). The van der Waals surface area contributed by atoms with Crippen LogP contribution in [0.4, 0.5) is 0 Å². The molecule has 1 N–H and O–H groups in total. The first-order chi connectivity index (χ1) is 14.5. The van der Waals surface area contributed by atoms with Gasteiger partial charge in [-0.2, -0.15) is 0 Å². The Bertz CT molecular complexity index is 822. The molecule has 0 saturated carbocycles. The van der Waals surface area contributed by atoms with Crippen molar-refractivity contribution >= 4 is 17.2 Å². The second kappa shape index (κ2) is 9.98. The van der Waals surface area contributed by atoms with E-state index in [4.69, 9.17) is 4.98 Å². The minimum Gasteiger partial charge on any atom is -0.304 e. The molecular weight excluding hydrogens is 396 g/mol. The average Bonchev–Trinajstić information content (AvgIpc) is 3.20. The molecule has 2 fully saturated rings. The zero-order valence-corrected chi connectivity index (χ0v) is 18.8. The molecule has 2 aromatic rings. The third-order valence-corrected chi connectivity index (χ3v) is 6.82. The van der Waals surface area contributed by atoms with Crippen molar-refractivity contribution in [3.8, 4) is 10.6 Å². The van der Waals surface area contributed by atoms with Crippen LogP contribution in [0.5, 0.6) is 0 Å². The summed E-state index contributed by atoms with van der Waals surface area (Å²) < 4.78 is 0. The SMILES string of the molecule is CN1CCN(Cc2ccc(-c3nc(CC(=O)NN4CCN(C)CC4)cs3)cc2)CC1. The highest BCUT2D eigenvalue weighted by atomic mass is 32.1. The zero-order chi connectivity index (χ0) is 20.9. The van der Waals surface area contributed by atoms with Gasteiger partial charge >= 0.3 is 0 Å². The van der Waals surface area contributed by atoms with E-state index >= 15 is 0 Å². The van der Waals surface area contributed by atoms with E-state index in [0.29, 0.717) is 6.42 Å². The summed E-state index contributed by atoms with van der Waals surface area (Å²) in [7, 11) is 4.29. The summed E-state index contributed by atoms with van der Waals surface area (Å²) in [6.45, 7) is 9.23. The Balaban J connectivity index is 1.28. The maximum absolute atomic E-state index is 12.4. The second-order valence-corrected chi connectivity index (χ2v) is 9.28. The third kappa shape index (κ3) is 5.86. The Morgan fingerprint density at radius 1 is 0.967 bits per heavy atom. The van der Waals surface area contributed by atoms with Crippen molar-refractivity contribution in [3.63, 3.8) is 0 Å². The van der Waals surface area contributed by atoms with Crippen LogP contribution >= 0.6 is 11.3 Å². The minimum absolute atomic E-state index is 0.0129. The summed E-state index contributed by atoms with van der Waals surface area (Å²) in [6.07, 6.45) is 0.324. The van der Waals surface area contributed by atoms with Crippen LogP contribution in [0.2, 0.25) is 0 Å². The van der Waals surface area contributed by atoms with Gasteiger partial charge in [0.25, 0.3) is 0 Å². The lowest BCUT2D eigenvalue weighted by atomic mass is 10.1. The lowest BCUT2D eigenvalue weighted by Crippen LogP contribution is -2.52. The van der Waals surface area contributed by atoms with Gasteiger partial charge in [0, 0.05) is 69.8 Å². The fourth-order valence-corrected chi connectivity index (χ4v) is 4.66. The number of carbonyl (C=O) groups is 1. The van der Waals surface area contributed by atoms with Crippen molar-refractivity contribution in [3.05, 3.63) is 40.9 Å². The molecule has 0 atom stereocenters. The van der Waals surface area contributed by atoms with Crippen LogP contribution in [0, 0.1) is 0 Å². The first-order valence-electron chi connectivity index (χ1n) is 10.7. The van der Waals surface area contributed by atoms with Gasteiger partial charge in [-0.1, -0.05) is 24.3 Å². The van der Waals surface area contributed by atoms with Crippen molar-refractivity contribution in [1.29, 1.82) is 0 Å². The van der Waals surface area contributed by atoms with Gasteiger partial charge in [-0.25, -0.2) is 9.99 Å². The molecular formula is C22H32N6OS. The smallest absolute Gasteiger partial charge is 0.240 e. The number of benzene rings is 1. The Kier molecular flexibility index (Phi) is 7.12. The van der Waals surface area contributed by atoms with E-state index < -0.39 is 0 Å². The summed E-state index contributed by atoms with van der Waals surface area (Å²) in [5, 5.41) is 4.98. The molecule has 2 aliphatic heterocycles. The van der Waals surface area contributed by atoms with Crippen molar-refractivity contribution in [2.24, 2.45) is 0 Å². The normalized spacial score (nSPS) is 19.8. The number of thiazole rings is 1. The van der Waals surface area contributed by atoms with Crippen molar-refractivity contribution in [1.82, 2.24) is 30.1 Å². The Morgan fingerprint density at radius 3 is 2.27 bits per heavy atom. The van der Waals surface area contributed by atoms with Gasteiger partial charge in [-0.15, -0.1) is 11.3 Å². The monoisotopic (exact) mass is 428 g/mol. The number of amides is 1. The number of hydrazine groups is 1. The van der Waals surface area contributed by atoms with E-state index in [1.807, 2.05) is 10.4 Å². The molecule has 2 saturated heterocycles. The maximum Gasteiger partial charge on any atom is 0.240 e. The molecule has 8 heteroatoms. The molecule has 162 valence electrons. The molecule has 1 aromatic heterocycles. The second-order valence-electron chi connectivity index (χ2n) is 8.42. The summed E-state index contributed by atoms with van der Waals surface area (Å²) in [5.74, 6) is 0.0129. The topological polar surface area (TPSA) is 55.0 Å². The molecule has 3 heterocycles. The number of nitrogens with zero attached hydrogens (tertiary/aromatic N) is 5. The van der Waals surface area contributed by atoms with Crippen LogP contribution in [-0.2, 0) is 17.8 Å². The maximum atomic E-state index is 12.4. The first-order valence-corrected chi connectivity index (χ1v) is 11.6. The summed E-state index contributed by atoms with van der Waals surface area (Å²) in [5.41, 5.74) is 6.30. The number of likely N-dealkylation sites (N-methyl/N-ethyl adjacent to an activating group) is 2. The highest BCUT2D eigenvalue weighted by Gasteiger charge is 2.17. The van der Waals surface area contributed by atoms with Gasteiger partial charge in [0.05, 0.1) is 12.1 Å². The molecule has 1 amide bonds. The Morgan fingerprint density at radius 2 is 1.60 bits per heavy atom. The van der Waals surface area contributed by atoms with Crippen LogP contribution in [0.15, 0.2) is 29.6 Å². The fraction of sp³-hybridized carbons (Fsp3) is 0.545. The molecule has 7 nitrogen and oxygen atoms in total. The number of hydrogen-bond acceptors (Lipinski definition) is 7. The molecule has 0 aliphatic carbocycles. The van der Waals surface area contributed by atoms with E-state index in [1.54, 1.807) is 11.3 Å². The molecule has 0 radical (unpaired) electrons.